The zero-order valence-corrected chi connectivity index (χ0v) is 40.2. The second-order valence-corrected chi connectivity index (χ2v) is 20.7. The SMILES string of the molecule is Cc1cccc(C)c1-c1cc2c(s1)B1c3cc4c5cc6c(cc5n(-c5cccc7ccccc57)c4cc3Oc3cccc(c31)N2c1ccccc1)Oc1cccc2c1B6c1ccccc1N2c1ccccc1. The molecular formula is C64H41B2N3O2S. The van der Waals surface area contributed by atoms with Crippen LogP contribution in [0.4, 0.5) is 34.1 Å². The highest BCUT2D eigenvalue weighted by Crippen LogP contribution is 2.48. The highest BCUT2D eigenvalue weighted by Gasteiger charge is 2.45. The lowest BCUT2D eigenvalue weighted by Crippen LogP contribution is -2.59. The molecule has 0 saturated heterocycles. The van der Waals surface area contributed by atoms with Gasteiger partial charge in [0.2, 0.25) is 0 Å². The van der Waals surface area contributed by atoms with E-state index in [2.05, 4.69) is 241 Å². The molecule has 336 valence electrons. The second-order valence-electron chi connectivity index (χ2n) is 19.6. The molecule has 0 bridgehead atoms. The number of thiophene rings is 1. The highest BCUT2D eigenvalue weighted by molar-refractivity contribution is 7.31. The van der Waals surface area contributed by atoms with Gasteiger partial charge in [0.1, 0.15) is 23.0 Å². The Morgan fingerprint density at radius 1 is 0.389 bits per heavy atom. The van der Waals surface area contributed by atoms with Crippen molar-refractivity contribution < 1.29 is 9.47 Å². The van der Waals surface area contributed by atoms with Gasteiger partial charge in [0, 0.05) is 66.4 Å². The monoisotopic (exact) mass is 937 g/mol. The maximum Gasteiger partial charge on any atom is 0.268 e. The van der Waals surface area contributed by atoms with Crippen LogP contribution in [0.1, 0.15) is 11.1 Å². The lowest BCUT2D eigenvalue weighted by Gasteiger charge is -2.39. The van der Waals surface area contributed by atoms with Crippen LogP contribution in [0, 0.1) is 13.8 Å². The van der Waals surface area contributed by atoms with E-state index in [1.165, 1.54) is 81.1 Å². The van der Waals surface area contributed by atoms with Gasteiger partial charge in [0.05, 0.1) is 22.4 Å². The van der Waals surface area contributed by atoms with Crippen LogP contribution in [0.3, 0.4) is 0 Å². The largest absolute Gasteiger partial charge is 0.458 e. The molecule has 0 saturated carbocycles. The number of ether oxygens (including phenoxy) is 2. The molecule has 0 aliphatic carbocycles. The molecule has 0 unspecified atom stereocenters. The van der Waals surface area contributed by atoms with Crippen molar-refractivity contribution in [1.29, 1.82) is 0 Å². The molecule has 4 aliphatic heterocycles. The van der Waals surface area contributed by atoms with E-state index >= 15 is 0 Å². The Bertz CT molecular complexity index is 4270. The lowest BCUT2D eigenvalue weighted by atomic mass is 9.34. The van der Waals surface area contributed by atoms with Gasteiger partial charge in [-0.3, -0.25) is 0 Å². The van der Waals surface area contributed by atoms with E-state index in [0.29, 0.717) is 0 Å². The number of fused-ring (bicyclic) bond motifs is 12. The van der Waals surface area contributed by atoms with Gasteiger partial charge in [-0.15, -0.1) is 11.3 Å². The third-order valence-electron chi connectivity index (χ3n) is 15.7. The number of para-hydroxylation sites is 3. The van der Waals surface area contributed by atoms with Crippen molar-refractivity contribution in [2.75, 3.05) is 9.80 Å². The number of anilines is 6. The van der Waals surface area contributed by atoms with Crippen molar-refractivity contribution in [2.24, 2.45) is 0 Å². The van der Waals surface area contributed by atoms with E-state index < -0.39 is 0 Å². The fourth-order valence-corrected chi connectivity index (χ4v) is 14.2. The van der Waals surface area contributed by atoms with E-state index in [1.54, 1.807) is 0 Å². The number of hydrogen-bond donors (Lipinski definition) is 0. The number of nitrogens with zero attached hydrogens (tertiary/aromatic N) is 3. The minimum Gasteiger partial charge on any atom is -0.458 e. The standard InChI is InChI=1S/C64H41B2N3O2S/c1-38-17-13-18-39(2)61(38)60-37-55-64(72-60)66-48-34-45-44-33-47-58(70-56-31-15-29-51-62(56)65(47)46-26-11-12-27-50(46)67(51)41-21-5-3-6-22-41)35-53(44)69(49-28-14-20-40-19-9-10-25-43(40)49)54(45)36-59(48)71-57-32-16-30-52(63(57)66)68(55)42-23-7-4-8-24-42/h3-37H,1-2H3. The van der Waals surface area contributed by atoms with Gasteiger partial charge >= 0.3 is 0 Å². The smallest absolute Gasteiger partial charge is 0.268 e. The number of benzene rings is 10. The molecule has 16 rings (SSSR count). The maximum atomic E-state index is 7.25. The minimum absolute atomic E-state index is 0.0498. The van der Waals surface area contributed by atoms with Gasteiger partial charge in [0.15, 0.2) is 0 Å². The average Bonchev–Trinajstić information content (AvgIpc) is 3.98. The lowest BCUT2D eigenvalue weighted by molar-refractivity contribution is 0.488. The molecular weight excluding hydrogens is 896 g/mol. The number of rotatable bonds is 4. The molecule has 12 aromatic rings. The van der Waals surface area contributed by atoms with Crippen LogP contribution in [0.5, 0.6) is 23.0 Å². The van der Waals surface area contributed by atoms with Gasteiger partial charge in [-0.2, -0.15) is 0 Å². The molecule has 4 aliphatic rings. The predicted molar refractivity (Wildman–Crippen MR) is 303 cm³/mol. The van der Waals surface area contributed by atoms with Crippen LogP contribution in [0.25, 0.3) is 48.7 Å². The Balaban J connectivity index is 0.980. The summed E-state index contributed by atoms with van der Waals surface area (Å²) in [6.07, 6.45) is 0. The summed E-state index contributed by atoms with van der Waals surface area (Å²) in [6.45, 7) is 4.36. The van der Waals surface area contributed by atoms with Gasteiger partial charge in [-0.1, -0.05) is 133 Å². The van der Waals surface area contributed by atoms with Crippen molar-refractivity contribution in [3.8, 4) is 39.1 Å². The van der Waals surface area contributed by atoms with Crippen LogP contribution >= 0.6 is 11.3 Å². The summed E-state index contributed by atoms with van der Waals surface area (Å²) in [6, 6.07) is 77.6. The van der Waals surface area contributed by atoms with Gasteiger partial charge < -0.3 is 23.8 Å². The third-order valence-corrected chi connectivity index (χ3v) is 16.9. The molecule has 0 spiro atoms. The van der Waals surface area contributed by atoms with Crippen LogP contribution in [-0.4, -0.2) is 18.0 Å². The van der Waals surface area contributed by atoms with Crippen LogP contribution in [0.15, 0.2) is 212 Å². The Morgan fingerprint density at radius 3 is 1.58 bits per heavy atom. The predicted octanol–water partition coefficient (Wildman–Crippen LogP) is 13.1. The van der Waals surface area contributed by atoms with Crippen molar-refractivity contribution in [3.05, 3.63) is 223 Å². The van der Waals surface area contributed by atoms with Gasteiger partial charge in [-0.25, -0.2) is 0 Å². The van der Waals surface area contributed by atoms with Crippen molar-refractivity contribution >= 4 is 124 Å². The van der Waals surface area contributed by atoms with Crippen molar-refractivity contribution in [2.45, 2.75) is 13.8 Å². The third kappa shape index (κ3) is 5.50. The first-order valence-corrected chi connectivity index (χ1v) is 25.6. The van der Waals surface area contributed by atoms with E-state index in [1.807, 2.05) is 11.3 Å². The Hall–Kier alpha value is -8.71. The Labute approximate surface area is 421 Å². The van der Waals surface area contributed by atoms with Crippen molar-refractivity contribution in [3.63, 3.8) is 0 Å². The summed E-state index contributed by atoms with van der Waals surface area (Å²) >= 11 is 1.92. The Kier molecular flexibility index (Phi) is 8.29. The molecule has 0 radical (unpaired) electrons. The quantitative estimate of drug-likeness (QED) is 0.165. The molecule has 72 heavy (non-hydrogen) atoms. The van der Waals surface area contributed by atoms with Crippen LogP contribution < -0.4 is 51.4 Å². The van der Waals surface area contributed by atoms with Crippen molar-refractivity contribution in [1.82, 2.24) is 4.57 Å². The topological polar surface area (TPSA) is 29.9 Å². The fourth-order valence-electron chi connectivity index (χ4n) is 12.8. The summed E-state index contributed by atoms with van der Waals surface area (Å²) in [4.78, 5) is 6.13. The zero-order valence-electron chi connectivity index (χ0n) is 39.4. The maximum absolute atomic E-state index is 7.25. The first kappa shape index (κ1) is 40.1. The minimum atomic E-state index is -0.0667. The summed E-state index contributed by atoms with van der Waals surface area (Å²) < 4.78 is 18.2. The highest BCUT2D eigenvalue weighted by atomic mass is 32.1. The van der Waals surface area contributed by atoms with Gasteiger partial charge in [0.25, 0.3) is 13.4 Å². The molecule has 6 heterocycles. The molecule has 10 aromatic carbocycles. The summed E-state index contributed by atoms with van der Waals surface area (Å²) in [5, 5.41) is 4.72. The van der Waals surface area contributed by atoms with Gasteiger partial charge in [-0.05, 0) is 130 Å². The Morgan fingerprint density at radius 2 is 0.903 bits per heavy atom. The first-order valence-electron chi connectivity index (χ1n) is 24.8. The molecule has 0 N–H and O–H groups in total. The number of aromatic nitrogens is 1. The van der Waals surface area contributed by atoms with E-state index in [0.717, 1.165) is 67.9 Å². The molecule has 8 heteroatoms. The van der Waals surface area contributed by atoms with E-state index in [-0.39, 0.29) is 13.4 Å². The summed E-state index contributed by atoms with van der Waals surface area (Å²) in [5.74, 6) is 3.53. The molecule has 0 atom stereocenters. The molecule has 0 amide bonds. The zero-order chi connectivity index (χ0) is 47.3. The number of aryl methyl sites for hydroxylation is 2. The van der Waals surface area contributed by atoms with Crippen LogP contribution in [0.2, 0.25) is 0 Å². The summed E-state index contributed by atoms with van der Waals surface area (Å²) in [7, 11) is 0. The summed E-state index contributed by atoms with van der Waals surface area (Å²) in [5.41, 5.74) is 20.1. The second kappa shape index (κ2) is 14.9. The average molecular weight is 938 g/mol. The van der Waals surface area contributed by atoms with E-state index in [4.69, 9.17) is 9.47 Å². The molecule has 5 nitrogen and oxygen atoms in total. The molecule has 2 aromatic heterocycles. The normalized spacial score (nSPS) is 13.5. The first-order chi connectivity index (χ1) is 35.6. The number of hydrogen-bond acceptors (Lipinski definition) is 5. The van der Waals surface area contributed by atoms with Crippen LogP contribution in [-0.2, 0) is 0 Å². The fraction of sp³-hybridized carbons (Fsp3) is 0.0312. The molecule has 0 fully saturated rings. The van der Waals surface area contributed by atoms with E-state index in [9.17, 15) is 0 Å².